The Labute approximate surface area is 92.0 Å². The molecule has 0 bridgehead atoms. The molecule has 3 heterocycles. The molecule has 0 unspecified atom stereocenters. The van der Waals surface area contributed by atoms with Crippen LogP contribution in [0.3, 0.4) is 0 Å². The van der Waals surface area contributed by atoms with Gasteiger partial charge in [-0.05, 0) is 25.5 Å². The summed E-state index contributed by atoms with van der Waals surface area (Å²) in [6.07, 6.45) is 3.17. The van der Waals surface area contributed by atoms with Gasteiger partial charge in [-0.25, -0.2) is 9.67 Å². The Bertz CT molecular complexity index is 462. The molecule has 3 rings (SSSR count). The molecule has 5 heteroatoms. The van der Waals surface area contributed by atoms with Gasteiger partial charge in [-0.15, -0.1) is 11.3 Å². The Balaban J connectivity index is 2.02. The highest BCUT2D eigenvalue weighted by molar-refractivity contribution is 7.12. The van der Waals surface area contributed by atoms with Gasteiger partial charge in [-0.1, -0.05) is 0 Å². The number of aryl methyl sites for hydroxylation is 1. The van der Waals surface area contributed by atoms with E-state index in [1.165, 1.54) is 5.56 Å². The third-order valence-corrected chi connectivity index (χ3v) is 3.49. The smallest absolute Gasteiger partial charge is 0.210 e. The molecule has 0 spiro atoms. The van der Waals surface area contributed by atoms with Gasteiger partial charge in [0.25, 0.3) is 0 Å². The second-order valence-electron chi connectivity index (χ2n) is 3.74. The summed E-state index contributed by atoms with van der Waals surface area (Å²) in [4.78, 5) is 4.42. The lowest BCUT2D eigenvalue weighted by Crippen LogP contribution is -2.22. The summed E-state index contributed by atoms with van der Waals surface area (Å²) in [6, 6.07) is 0. The van der Waals surface area contributed by atoms with E-state index >= 15 is 0 Å². The zero-order valence-electron chi connectivity index (χ0n) is 8.53. The summed E-state index contributed by atoms with van der Waals surface area (Å²) >= 11 is 1.64. The number of thiazole rings is 1. The molecule has 15 heavy (non-hydrogen) atoms. The average Bonchev–Trinajstić information content (AvgIpc) is 2.82. The fourth-order valence-corrected chi connectivity index (χ4v) is 2.50. The highest BCUT2D eigenvalue weighted by Crippen LogP contribution is 2.18. The van der Waals surface area contributed by atoms with Gasteiger partial charge < -0.3 is 5.32 Å². The van der Waals surface area contributed by atoms with Crippen LogP contribution in [0.4, 0.5) is 0 Å². The normalized spacial score (nSPS) is 15.3. The fourth-order valence-electron chi connectivity index (χ4n) is 1.78. The molecular formula is C10H12N4S. The molecular weight excluding hydrogens is 208 g/mol. The molecule has 1 aliphatic heterocycles. The highest BCUT2D eigenvalue weighted by Gasteiger charge is 2.14. The Kier molecular flexibility index (Phi) is 2.07. The maximum atomic E-state index is 4.54. The number of fused-ring (bicyclic) bond motifs is 1. The van der Waals surface area contributed by atoms with Crippen molar-refractivity contribution in [3.8, 4) is 5.13 Å². The minimum Gasteiger partial charge on any atom is -0.311 e. The quantitative estimate of drug-likeness (QED) is 0.787. The van der Waals surface area contributed by atoms with Crippen LogP contribution in [-0.2, 0) is 13.0 Å². The first-order valence-corrected chi connectivity index (χ1v) is 5.91. The van der Waals surface area contributed by atoms with Crippen molar-refractivity contribution in [2.45, 2.75) is 19.9 Å². The van der Waals surface area contributed by atoms with Gasteiger partial charge in [0.2, 0.25) is 5.13 Å². The molecule has 0 saturated heterocycles. The maximum Gasteiger partial charge on any atom is 0.210 e. The number of rotatable bonds is 1. The van der Waals surface area contributed by atoms with Gasteiger partial charge in [0.15, 0.2) is 0 Å². The largest absolute Gasteiger partial charge is 0.311 e. The fraction of sp³-hybridized carbons (Fsp3) is 0.400. The van der Waals surface area contributed by atoms with Crippen molar-refractivity contribution >= 4 is 11.3 Å². The summed E-state index contributed by atoms with van der Waals surface area (Å²) in [5, 5.41) is 10.9. The Morgan fingerprint density at radius 1 is 1.53 bits per heavy atom. The molecule has 0 aromatic carbocycles. The summed E-state index contributed by atoms with van der Waals surface area (Å²) < 4.78 is 1.90. The van der Waals surface area contributed by atoms with Crippen molar-refractivity contribution in [3.05, 3.63) is 28.5 Å². The summed E-state index contributed by atoms with van der Waals surface area (Å²) in [6.45, 7) is 3.94. The molecule has 1 aliphatic rings. The van der Waals surface area contributed by atoms with E-state index in [0.717, 1.165) is 36.0 Å². The highest BCUT2D eigenvalue weighted by atomic mass is 32.1. The standard InChI is InChI=1S/C10H12N4S/c1-7-6-15-10(12-7)14-5-8-2-3-11-4-9(8)13-14/h5-6,11H,2-4H2,1H3. The Hall–Kier alpha value is -1.20. The number of hydrogen-bond acceptors (Lipinski definition) is 4. The van der Waals surface area contributed by atoms with E-state index in [9.17, 15) is 0 Å². The lowest BCUT2D eigenvalue weighted by atomic mass is 10.1. The van der Waals surface area contributed by atoms with Crippen molar-refractivity contribution in [3.63, 3.8) is 0 Å². The second-order valence-corrected chi connectivity index (χ2v) is 4.58. The van der Waals surface area contributed by atoms with Crippen LogP contribution in [-0.4, -0.2) is 21.3 Å². The third kappa shape index (κ3) is 1.57. The van der Waals surface area contributed by atoms with Crippen molar-refractivity contribution in [2.75, 3.05) is 6.54 Å². The van der Waals surface area contributed by atoms with E-state index in [4.69, 9.17) is 0 Å². The molecule has 78 valence electrons. The average molecular weight is 220 g/mol. The lowest BCUT2D eigenvalue weighted by Gasteiger charge is -2.09. The predicted octanol–water partition coefficient (Wildman–Crippen LogP) is 1.28. The van der Waals surface area contributed by atoms with Gasteiger partial charge in [-0.3, -0.25) is 0 Å². The summed E-state index contributed by atoms with van der Waals surface area (Å²) in [5.74, 6) is 0. The van der Waals surface area contributed by atoms with Gasteiger partial charge in [0.1, 0.15) is 0 Å². The zero-order valence-corrected chi connectivity index (χ0v) is 9.34. The van der Waals surface area contributed by atoms with E-state index in [0.29, 0.717) is 0 Å². The summed E-state index contributed by atoms with van der Waals surface area (Å²) in [5.41, 5.74) is 3.57. The predicted molar refractivity (Wildman–Crippen MR) is 59.4 cm³/mol. The van der Waals surface area contributed by atoms with Crippen LogP contribution < -0.4 is 5.32 Å². The van der Waals surface area contributed by atoms with E-state index in [1.807, 2.05) is 17.0 Å². The van der Waals surface area contributed by atoms with Gasteiger partial charge in [0.05, 0.1) is 11.4 Å². The minimum absolute atomic E-state index is 0.882. The van der Waals surface area contributed by atoms with E-state index in [1.54, 1.807) is 11.3 Å². The van der Waals surface area contributed by atoms with Crippen LogP contribution in [0, 0.1) is 6.92 Å². The van der Waals surface area contributed by atoms with Crippen LogP contribution >= 0.6 is 11.3 Å². The van der Waals surface area contributed by atoms with Gasteiger partial charge in [-0.2, -0.15) is 5.10 Å². The molecule has 2 aromatic heterocycles. The first kappa shape index (κ1) is 9.06. The first-order chi connectivity index (χ1) is 7.33. The summed E-state index contributed by atoms with van der Waals surface area (Å²) in [7, 11) is 0. The third-order valence-electron chi connectivity index (χ3n) is 2.54. The molecule has 0 aliphatic carbocycles. The van der Waals surface area contributed by atoms with Crippen LogP contribution in [0.5, 0.6) is 0 Å². The SMILES string of the molecule is Cc1csc(-n2cc3c(n2)CNCC3)n1. The van der Waals surface area contributed by atoms with Crippen LogP contribution in [0.15, 0.2) is 11.6 Å². The lowest BCUT2D eigenvalue weighted by molar-refractivity contribution is 0.629. The number of nitrogens with one attached hydrogen (secondary N) is 1. The van der Waals surface area contributed by atoms with Crippen LogP contribution in [0.2, 0.25) is 0 Å². The minimum atomic E-state index is 0.882. The Morgan fingerprint density at radius 2 is 2.47 bits per heavy atom. The van der Waals surface area contributed by atoms with E-state index in [-0.39, 0.29) is 0 Å². The van der Waals surface area contributed by atoms with Crippen molar-refractivity contribution < 1.29 is 0 Å². The second kappa shape index (κ2) is 3.43. The first-order valence-electron chi connectivity index (χ1n) is 5.03. The van der Waals surface area contributed by atoms with E-state index in [2.05, 4.69) is 21.6 Å². The molecule has 0 atom stereocenters. The number of nitrogens with zero attached hydrogens (tertiary/aromatic N) is 3. The van der Waals surface area contributed by atoms with Gasteiger partial charge >= 0.3 is 0 Å². The number of aromatic nitrogens is 3. The van der Waals surface area contributed by atoms with Gasteiger partial charge in [0, 0.05) is 18.1 Å². The Morgan fingerprint density at radius 3 is 3.20 bits per heavy atom. The molecule has 0 saturated carbocycles. The van der Waals surface area contributed by atoms with Crippen molar-refractivity contribution in [2.24, 2.45) is 0 Å². The van der Waals surface area contributed by atoms with Crippen molar-refractivity contribution in [1.29, 1.82) is 0 Å². The topological polar surface area (TPSA) is 42.7 Å². The van der Waals surface area contributed by atoms with E-state index < -0.39 is 0 Å². The maximum absolute atomic E-state index is 4.54. The van der Waals surface area contributed by atoms with Crippen molar-refractivity contribution in [1.82, 2.24) is 20.1 Å². The molecule has 1 N–H and O–H groups in total. The molecule has 4 nitrogen and oxygen atoms in total. The number of hydrogen-bond donors (Lipinski definition) is 1. The molecule has 0 amide bonds. The monoisotopic (exact) mass is 220 g/mol. The molecule has 0 radical (unpaired) electrons. The molecule has 0 fully saturated rings. The van der Waals surface area contributed by atoms with Crippen LogP contribution in [0.1, 0.15) is 17.0 Å². The molecule has 2 aromatic rings. The van der Waals surface area contributed by atoms with Crippen LogP contribution in [0.25, 0.3) is 5.13 Å². The zero-order chi connectivity index (χ0) is 10.3.